The second kappa shape index (κ2) is 8.14. The molecular weight excluding hydrogens is 302 g/mol. The summed E-state index contributed by atoms with van der Waals surface area (Å²) in [6.45, 7) is 5.46. The number of hydrogen-bond acceptors (Lipinski definition) is 7. The number of hydrogen-bond donors (Lipinski definition) is 1. The highest BCUT2D eigenvalue weighted by molar-refractivity contribution is 7.98. The lowest BCUT2D eigenvalue weighted by molar-refractivity contribution is -0.137. The highest BCUT2D eigenvalue weighted by Gasteiger charge is 2.18. The van der Waals surface area contributed by atoms with Gasteiger partial charge in [-0.05, 0) is 32.6 Å². The summed E-state index contributed by atoms with van der Waals surface area (Å²) in [4.78, 5) is 20.5. The molecule has 1 aromatic rings. The Morgan fingerprint density at radius 3 is 3.00 bits per heavy atom. The van der Waals surface area contributed by atoms with E-state index in [1.807, 2.05) is 13.2 Å². The highest BCUT2D eigenvalue weighted by Crippen LogP contribution is 2.23. The van der Waals surface area contributed by atoms with Crippen molar-refractivity contribution in [2.45, 2.75) is 31.5 Å². The number of ether oxygens (including phenoxy) is 2. The van der Waals surface area contributed by atoms with Crippen molar-refractivity contribution in [3.63, 3.8) is 0 Å². The summed E-state index contributed by atoms with van der Waals surface area (Å²) >= 11 is 1.49. The van der Waals surface area contributed by atoms with Crippen LogP contribution < -0.4 is 5.32 Å². The molecule has 2 heterocycles. The van der Waals surface area contributed by atoms with Gasteiger partial charge in [-0.3, -0.25) is 0 Å². The van der Waals surface area contributed by atoms with Gasteiger partial charge in [0.2, 0.25) is 0 Å². The molecule has 0 aromatic carbocycles. The van der Waals surface area contributed by atoms with Crippen molar-refractivity contribution in [1.82, 2.24) is 9.97 Å². The molecule has 6 nitrogen and oxygen atoms in total. The van der Waals surface area contributed by atoms with Crippen LogP contribution in [-0.4, -0.2) is 48.1 Å². The quantitative estimate of drug-likeness (QED) is 0.372. The van der Waals surface area contributed by atoms with Crippen LogP contribution in [0, 0.1) is 6.92 Å². The Hall–Kier alpha value is -1.60. The van der Waals surface area contributed by atoms with Crippen LogP contribution in [0.25, 0.3) is 6.08 Å². The smallest absolute Gasteiger partial charge is 0.330 e. The van der Waals surface area contributed by atoms with Crippen molar-refractivity contribution in [3.8, 4) is 0 Å². The van der Waals surface area contributed by atoms with E-state index < -0.39 is 0 Å². The Labute approximate surface area is 134 Å². The van der Waals surface area contributed by atoms with Gasteiger partial charge in [-0.25, -0.2) is 14.8 Å². The first kappa shape index (κ1) is 16.8. The first-order valence-corrected chi connectivity index (χ1v) is 8.48. The van der Waals surface area contributed by atoms with Crippen molar-refractivity contribution in [1.29, 1.82) is 0 Å². The Morgan fingerprint density at radius 1 is 1.55 bits per heavy atom. The van der Waals surface area contributed by atoms with Crippen LogP contribution in [0.2, 0.25) is 0 Å². The lowest BCUT2D eigenvalue weighted by atomic mass is 10.2. The fraction of sp³-hybridized carbons (Fsp3) is 0.533. The molecule has 22 heavy (non-hydrogen) atoms. The van der Waals surface area contributed by atoms with E-state index in [0.29, 0.717) is 18.4 Å². The lowest BCUT2D eigenvalue weighted by Crippen LogP contribution is -2.21. The molecule has 1 aromatic heterocycles. The topological polar surface area (TPSA) is 73.3 Å². The third kappa shape index (κ3) is 4.45. The number of thioether (sulfide) groups is 1. The summed E-state index contributed by atoms with van der Waals surface area (Å²) in [5.74, 6) is 0.360. The molecule has 1 unspecified atom stereocenters. The van der Waals surface area contributed by atoms with Gasteiger partial charge in [0.25, 0.3) is 0 Å². The van der Waals surface area contributed by atoms with E-state index in [2.05, 4.69) is 15.3 Å². The molecule has 1 fully saturated rings. The van der Waals surface area contributed by atoms with Gasteiger partial charge in [-0.2, -0.15) is 0 Å². The second-order valence-electron chi connectivity index (χ2n) is 4.85. The lowest BCUT2D eigenvalue weighted by Gasteiger charge is -2.15. The van der Waals surface area contributed by atoms with Crippen LogP contribution in [0.5, 0.6) is 0 Å². The van der Waals surface area contributed by atoms with Crippen LogP contribution in [0.3, 0.4) is 0 Å². The van der Waals surface area contributed by atoms with Gasteiger partial charge >= 0.3 is 5.97 Å². The molecule has 2 rings (SSSR count). The summed E-state index contributed by atoms with van der Waals surface area (Å²) in [5, 5.41) is 4.09. The highest BCUT2D eigenvalue weighted by atomic mass is 32.2. The van der Waals surface area contributed by atoms with Gasteiger partial charge in [-0.15, -0.1) is 0 Å². The van der Waals surface area contributed by atoms with Crippen LogP contribution >= 0.6 is 11.8 Å². The summed E-state index contributed by atoms with van der Waals surface area (Å²) in [7, 11) is 0. The third-order valence-electron chi connectivity index (χ3n) is 3.24. The van der Waals surface area contributed by atoms with Crippen LogP contribution in [0.1, 0.15) is 24.6 Å². The van der Waals surface area contributed by atoms with Gasteiger partial charge < -0.3 is 14.8 Å². The molecule has 1 aliphatic rings. The van der Waals surface area contributed by atoms with Gasteiger partial charge in [0.1, 0.15) is 5.82 Å². The molecule has 1 aliphatic heterocycles. The number of esters is 1. The first-order valence-electron chi connectivity index (χ1n) is 7.25. The van der Waals surface area contributed by atoms with Crippen molar-refractivity contribution < 1.29 is 14.3 Å². The van der Waals surface area contributed by atoms with E-state index in [-0.39, 0.29) is 12.0 Å². The molecule has 1 atom stereocenters. The summed E-state index contributed by atoms with van der Waals surface area (Å²) < 4.78 is 10.3. The first-order chi connectivity index (χ1) is 10.6. The van der Waals surface area contributed by atoms with Crippen molar-refractivity contribution >= 4 is 29.6 Å². The van der Waals surface area contributed by atoms with E-state index in [9.17, 15) is 4.79 Å². The molecule has 120 valence electrons. The number of carbonyl (C=O) groups is 1. The summed E-state index contributed by atoms with van der Waals surface area (Å²) in [5.41, 5.74) is 1.62. The van der Waals surface area contributed by atoms with E-state index in [1.54, 1.807) is 13.0 Å². The predicted molar refractivity (Wildman–Crippen MR) is 87.1 cm³/mol. The SMILES string of the molecule is CCOC(=O)/C=C/c1c(C)nc(SC)nc1NC1CCOC1. The fourth-order valence-corrected chi connectivity index (χ4v) is 2.55. The molecule has 1 saturated heterocycles. The van der Waals surface area contributed by atoms with Crippen LogP contribution in [-0.2, 0) is 14.3 Å². The van der Waals surface area contributed by atoms with E-state index in [0.717, 1.165) is 30.1 Å². The monoisotopic (exact) mass is 323 g/mol. The third-order valence-corrected chi connectivity index (χ3v) is 3.79. The minimum atomic E-state index is -0.369. The maximum Gasteiger partial charge on any atom is 0.330 e. The number of rotatable bonds is 6. The predicted octanol–water partition coefficient (Wildman–Crippen LogP) is 2.28. The number of nitrogens with zero attached hydrogens (tertiary/aromatic N) is 2. The fourth-order valence-electron chi connectivity index (χ4n) is 2.14. The molecule has 0 saturated carbocycles. The summed E-state index contributed by atoms with van der Waals surface area (Å²) in [6.07, 6.45) is 5.99. The number of aromatic nitrogens is 2. The number of aryl methyl sites for hydroxylation is 1. The van der Waals surface area contributed by atoms with Gasteiger partial charge in [0.15, 0.2) is 5.16 Å². The Morgan fingerprint density at radius 2 is 2.36 bits per heavy atom. The Bertz CT molecular complexity index is 557. The minimum absolute atomic E-state index is 0.235. The zero-order valence-corrected chi connectivity index (χ0v) is 13.9. The van der Waals surface area contributed by atoms with E-state index in [4.69, 9.17) is 9.47 Å². The zero-order valence-electron chi connectivity index (χ0n) is 13.1. The number of anilines is 1. The molecule has 0 amide bonds. The van der Waals surface area contributed by atoms with Gasteiger partial charge in [0, 0.05) is 18.2 Å². The van der Waals surface area contributed by atoms with Gasteiger partial charge in [-0.1, -0.05) is 11.8 Å². The number of nitrogens with one attached hydrogen (secondary N) is 1. The Balaban J connectivity index is 2.26. The molecule has 0 aliphatic carbocycles. The van der Waals surface area contributed by atoms with Gasteiger partial charge in [0.05, 0.1) is 24.9 Å². The maximum atomic E-state index is 11.5. The molecule has 7 heteroatoms. The molecule has 0 spiro atoms. The van der Waals surface area contributed by atoms with Crippen LogP contribution in [0.4, 0.5) is 5.82 Å². The number of carbonyl (C=O) groups excluding carboxylic acids is 1. The van der Waals surface area contributed by atoms with Crippen molar-refractivity contribution in [2.24, 2.45) is 0 Å². The molecule has 0 bridgehead atoms. The average molecular weight is 323 g/mol. The van der Waals surface area contributed by atoms with E-state index in [1.165, 1.54) is 17.8 Å². The maximum absolute atomic E-state index is 11.5. The second-order valence-corrected chi connectivity index (χ2v) is 5.62. The standard InChI is InChI=1S/C15H21N3O3S/c1-4-21-13(19)6-5-12-10(2)16-15(22-3)18-14(12)17-11-7-8-20-9-11/h5-6,11H,4,7-9H2,1-3H3,(H,16,17,18)/b6-5+. The largest absolute Gasteiger partial charge is 0.463 e. The molecular formula is C15H21N3O3S. The van der Waals surface area contributed by atoms with Crippen LogP contribution in [0.15, 0.2) is 11.2 Å². The zero-order chi connectivity index (χ0) is 15.9. The van der Waals surface area contributed by atoms with Crippen molar-refractivity contribution in [3.05, 3.63) is 17.3 Å². The molecule has 0 radical (unpaired) electrons. The normalized spacial score (nSPS) is 17.9. The molecule has 1 N–H and O–H groups in total. The van der Waals surface area contributed by atoms with E-state index >= 15 is 0 Å². The van der Waals surface area contributed by atoms with Crippen molar-refractivity contribution in [2.75, 3.05) is 31.4 Å². The average Bonchev–Trinajstić information content (AvgIpc) is 2.99. The Kier molecular flexibility index (Phi) is 6.21. The minimum Gasteiger partial charge on any atom is -0.463 e. The summed E-state index contributed by atoms with van der Waals surface area (Å²) in [6, 6.07) is 0.235.